The molecule has 1 aromatic carbocycles. The average Bonchev–Trinajstić information content (AvgIpc) is 3.28. The van der Waals surface area contributed by atoms with Crippen molar-refractivity contribution in [3.05, 3.63) is 42.5 Å². The number of para-hydroxylation sites is 1. The van der Waals surface area contributed by atoms with Crippen LogP contribution < -0.4 is 10.5 Å². The summed E-state index contributed by atoms with van der Waals surface area (Å²) in [7, 11) is 0. The molecular formula is C19H23N5O5. The third-order valence-electron chi connectivity index (χ3n) is 4.84. The Hall–Kier alpha value is -2.79. The van der Waals surface area contributed by atoms with Gasteiger partial charge < -0.3 is 30.5 Å². The predicted octanol–water partition coefficient (Wildman–Crippen LogP) is 0.0316. The Morgan fingerprint density at radius 3 is 2.66 bits per heavy atom. The van der Waals surface area contributed by atoms with Crippen molar-refractivity contribution in [1.29, 1.82) is 0 Å². The number of nitrogens with two attached hydrogens (primary N) is 1. The topological polar surface area (TPSA) is 149 Å². The molecule has 0 bridgehead atoms. The predicted molar refractivity (Wildman–Crippen MR) is 103 cm³/mol. The number of fused-ring (bicyclic) bond motifs is 1. The molecule has 0 spiro atoms. The van der Waals surface area contributed by atoms with Gasteiger partial charge in [-0.2, -0.15) is 0 Å². The van der Waals surface area contributed by atoms with Gasteiger partial charge in [-0.3, -0.25) is 4.57 Å². The zero-order valence-electron chi connectivity index (χ0n) is 15.6. The first kappa shape index (κ1) is 19.5. The molecule has 0 amide bonds. The van der Waals surface area contributed by atoms with Crippen LogP contribution in [0, 0.1) is 0 Å². The number of aliphatic hydroxyl groups is 3. The number of benzene rings is 1. The van der Waals surface area contributed by atoms with Crippen LogP contribution in [0.3, 0.4) is 0 Å². The number of aromatic nitrogens is 4. The summed E-state index contributed by atoms with van der Waals surface area (Å²) in [4.78, 5) is 13.0. The Kier molecular flexibility index (Phi) is 5.58. The van der Waals surface area contributed by atoms with Gasteiger partial charge in [-0.15, -0.1) is 0 Å². The highest BCUT2D eigenvalue weighted by Gasteiger charge is 2.44. The molecule has 5 N–H and O–H groups in total. The number of rotatable bonds is 7. The molecule has 0 saturated carbocycles. The van der Waals surface area contributed by atoms with Gasteiger partial charge in [0.05, 0.1) is 19.5 Å². The fourth-order valence-electron chi connectivity index (χ4n) is 3.33. The van der Waals surface area contributed by atoms with Gasteiger partial charge in [-0.1, -0.05) is 18.2 Å². The second-order valence-corrected chi connectivity index (χ2v) is 6.84. The zero-order valence-corrected chi connectivity index (χ0v) is 15.6. The summed E-state index contributed by atoms with van der Waals surface area (Å²) in [5, 5.41) is 29.6. The molecule has 4 atom stereocenters. The fraction of sp³-hybridized carbons (Fsp3) is 0.421. The van der Waals surface area contributed by atoms with Gasteiger partial charge >= 0.3 is 0 Å². The van der Waals surface area contributed by atoms with E-state index in [-0.39, 0.29) is 5.82 Å². The van der Waals surface area contributed by atoms with Crippen molar-refractivity contribution in [1.82, 2.24) is 19.5 Å². The number of imidazole rings is 1. The lowest BCUT2D eigenvalue weighted by molar-refractivity contribution is -0.0511. The molecule has 4 rings (SSSR count). The SMILES string of the molecule is Nc1nc(CCCOc2ccccc2)nc2c1ncn2[C@@H]1O[C@H](CO)[C@@H](O)[C@H]1O. The lowest BCUT2D eigenvalue weighted by Crippen LogP contribution is -2.33. The molecule has 10 nitrogen and oxygen atoms in total. The molecule has 1 aliphatic heterocycles. The van der Waals surface area contributed by atoms with E-state index in [0.29, 0.717) is 36.4 Å². The number of nitrogens with zero attached hydrogens (tertiary/aromatic N) is 4. The van der Waals surface area contributed by atoms with E-state index in [9.17, 15) is 15.3 Å². The first-order chi connectivity index (χ1) is 14.1. The van der Waals surface area contributed by atoms with Crippen LogP contribution in [0.15, 0.2) is 36.7 Å². The highest BCUT2D eigenvalue weighted by molar-refractivity contribution is 5.81. The highest BCUT2D eigenvalue weighted by Crippen LogP contribution is 2.32. The summed E-state index contributed by atoms with van der Waals surface area (Å²) in [5.74, 6) is 1.53. The molecule has 0 radical (unpaired) electrons. The van der Waals surface area contributed by atoms with Crippen molar-refractivity contribution in [2.45, 2.75) is 37.4 Å². The van der Waals surface area contributed by atoms with Crippen LogP contribution in [0.4, 0.5) is 5.82 Å². The van der Waals surface area contributed by atoms with E-state index in [1.165, 1.54) is 10.9 Å². The molecule has 2 aromatic heterocycles. The van der Waals surface area contributed by atoms with Crippen LogP contribution in [0.2, 0.25) is 0 Å². The molecule has 3 aromatic rings. The molecule has 0 aliphatic carbocycles. The second-order valence-electron chi connectivity index (χ2n) is 6.84. The van der Waals surface area contributed by atoms with Crippen molar-refractivity contribution < 1.29 is 24.8 Å². The zero-order chi connectivity index (χ0) is 20.4. The Morgan fingerprint density at radius 2 is 1.93 bits per heavy atom. The van der Waals surface area contributed by atoms with Crippen LogP contribution in [0.25, 0.3) is 11.2 Å². The number of nitrogen functional groups attached to an aromatic ring is 1. The van der Waals surface area contributed by atoms with Gasteiger partial charge in [-0.25, -0.2) is 15.0 Å². The first-order valence-corrected chi connectivity index (χ1v) is 9.37. The maximum Gasteiger partial charge on any atom is 0.167 e. The lowest BCUT2D eigenvalue weighted by atomic mass is 10.1. The van der Waals surface area contributed by atoms with Crippen LogP contribution in [-0.2, 0) is 11.2 Å². The maximum atomic E-state index is 10.3. The lowest BCUT2D eigenvalue weighted by Gasteiger charge is -2.16. The molecule has 1 saturated heterocycles. The fourth-order valence-corrected chi connectivity index (χ4v) is 3.33. The van der Waals surface area contributed by atoms with E-state index in [2.05, 4.69) is 15.0 Å². The maximum absolute atomic E-state index is 10.3. The van der Waals surface area contributed by atoms with Gasteiger partial charge in [0.15, 0.2) is 17.7 Å². The average molecular weight is 401 g/mol. The minimum atomic E-state index is -1.23. The van der Waals surface area contributed by atoms with E-state index >= 15 is 0 Å². The molecule has 154 valence electrons. The number of hydrogen-bond acceptors (Lipinski definition) is 9. The quantitative estimate of drug-likeness (QED) is 0.402. The van der Waals surface area contributed by atoms with Crippen molar-refractivity contribution in [3.8, 4) is 5.75 Å². The molecular weight excluding hydrogens is 378 g/mol. The summed E-state index contributed by atoms with van der Waals surface area (Å²) in [6, 6.07) is 9.52. The summed E-state index contributed by atoms with van der Waals surface area (Å²) < 4.78 is 12.7. The van der Waals surface area contributed by atoms with E-state index in [4.69, 9.17) is 15.2 Å². The minimum absolute atomic E-state index is 0.222. The van der Waals surface area contributed by atoms with Crippen molar-refractivity contribution in [3.63, 3.8) is 0 Å². The normalized spacial score (nSPS) is 24.2. The summed E-state index contributed by atoms with van der Waals surface area (Å²) >= 11 is 0. The van der Waals surface area contributed by atoms with Crippen molar-refractivity contribution in [2.24, 2.45) is 0 Å². The van der Waals surface area contributed by atoms with Gasteiger partial charge in [0.2, 0.25) is 0 Å². The Morgan fingerprint density at radius 1 is 1.14 bits per heavy atom. The monoisotopic (exact) mass is 401 g/mol. The summed E-state index contributed by atoms with van der Waals surface area (Å²) in [6.45, 7) is 0.0878. The third kappa shape index (κ3) is 3.87. The third-order valence-corrected chi connectivity index (χ3v) is 4.84. The van der Waals surface area contributed by atoms with E-state index in [1.807, 2.05) is 30.3 Å². The molecule has 3 heterocycles. The second kappa shape index (κ2) is 8.29. The van der Waals surface area contributed by atoms with Crippen molar-refractivity contribution in [2.75, 3.05) is 18.9 Å². The number of hydrogen-bond donors (Lipinski definition) is 4. The highest BCUT2D eigenvalue weighted by atomic mass is 16.6. The van der Waals surface area contributed by atoms with Crippen LogP contribution in [0.5, 0.6) is 5.75 Å². The van der Waals surface area contributed by atoms with Crippen LogP contribution in [-0.4, -0.2) is 66.4 Å². The van der Waals surface area contributed by atoms with Crippen molar-refractivity contribution >= 4 is 17.0 Å². The smallest absolute Gasteiger partial charge is 0.167 e. The van der Waals surface area contributed by atoms with Gasteiger partial charge in [0, 0.05) is 6.42 Å². The minimum Gasteiger partial charge on any atom is -0.494 e. The van der Waals surface area contributed by atoms with Gasteiger partial charge in [0.25, 0.3) is 0 Å². The summed E-state index contributed by atoms with van der Waals surface area (Å²) in [5.41, 5.74) is 6.81. The van der Waals surface area contributed by atoms with Crippen LogP contribution in [0.1, 0.15) is 18.5 Å². The number of aliphatic hydroxyl groups excluding tert-OH is 3. The van der Waals surface area contributed by atoms with Gasteiger partial charge in [0.1, 0.15) is 35.4 Å². The molecule has 10 heteroatoms. The molecule has 1 aliphatic rings. The van der Waals surface area contributed by atoms with E-state index < -0.39 is 31.1 Å². The van der Waals surface area contributed by atoms with E-state index in [0.717, 1.165) is 5.75 Å². The molecule has 0 unspecified atom stereocenters. The largest absolute Gasteiger partial charge is 0.494 e. The number of ether oxygens (including phenoxy) is 2. The standard InChI is InChI=1S/C19H23N5O5/c20-17-14-18(24(10-21-14)19-16(27)15(26)12(9-25)29-19)23-13(22-17)7-4-8-28-11-5-2-1-3-6-11/h1-3,5-6,10,12,15-16,19,25-27H,4,7-9H2,(H2,20,22,23)/t12-,15-,16-,19-/m1/s1. The van der Waals surface area contributed by atoms with E-state index in [1.54, 1.807) is 0 Å². The van der Waals surface area contributed by atoms with Gasteiger partial charge in [-0.05, 0) is 18.6 Å². The Balaban J connectivity index is 1.49. The first-order valence-electron chi connectivity index (χ1n) is 9.37. The molecule has 1 fully saturated rings. The van der Waals surface area contributed by atoms with Crippen LogP contribution >= 0.6 is 0 Å². The number of anilines is 1. The molecule has 29 heavy (non-hydrogen) atoms. The Bertz CT molecular complexity index is 966. The Labute approximate surface area is 166 Å². The summed E-state index contributed by atoms with van der Waals surface area (Å²) in [6.07, 6.45) is -1.62. The number of aryl methyl sites for hydroxylation is 1.